The first kappa shape index (κ1) is 24.4. The highest BCUT2D eigenvalue weighted by molar-refractivity contribution is 5.98. The van der Waals surface area contributed by atoms with Crippen LogP contribution in [0.1, 0.15) is 51.4 Å². The van der Waals surface area contributed by atoms with Crippen molar-refractivity contribution in [2.45, 2.75) is 45.1 Å². The number of nitrogens with zero attached hydrogens (tertiary/aromatic N) is 4. The summed E-state index contributed by atoms with van der Waals surface area (Å²) in [5, 5.41) is 14.1. The Morgan fingerprint density at radius 1 is 1.23 bits per heavy atom. The van der Waals surface area contributed by atoms with Crippen LogP contribution in [0.2, 0.25) is 0 Å². The summed E-state index contributed by atoms with van der Waals surface area (Å²) in [4.78, 5) is 13.0. The third kappa shape index (κ3) is 4.52. The minimum absolute atomic E-state index is 0.00971. The molecule has 1 amide bonds. The van der Waals surface area contributed by atoms with E-state index in [1.807, 2.05) is 13.8 Å². The number of hydrogen-bond acceptors (Lipinski definition) is 6. The lowest BCUT2D eigenvalue weighted by atomic mass is 9.96. The molecule has 1 aliphatic rings. The van der Waals surface area contributed by atoms with Crippen molar-refractivity contribution in [2.24, 2.45) is 7.05 Å². The van der Waals surface area contributed by atoms with Gasteiger partial charge in [-0.25, -0.2) is 4.68 Å². The Bertz CT molecular complexity index is 1250. The maximum absolute atomic E-state index is 14.0. The monoisotopic (exact) mass is 492 g/mol. The van der Waals surface area contributed by atoms with Gasteiger partial charge in [0.15, 0.2) is 17.5 Å². The van der Waals surface area contributed by atoms with E-state index in [-0.39, 0.29) is 24.3 Å². The van der Waals surface area contributed by atoms with Crippen LogP contribution in [0.3, 0.4) is 0 Å². The normalized spacial score (nSPS) is 17.5. The summed E-state index contributed by atoms with van der Waals surface area (Å²) in [6, 6.07) is 2.30. The number of alkyl halides is 3. The molecular weight excluding hydrogens is 465 g/mol. The molecule has 35 heavy (non-hydrogen) atoms. The van der Waals surface area contributed by atoms with E-state index < -0.39 is 24.2 Å². The Balaban J connectivity index is 1.65. The molecule has 4 rings (SSSR count). The number of halogens is 3. The summed E-state index contributed by atoms with van der Waals surface area (Å²) in [6.45, 7) is 3.91. The lowest BCUT2D eigenvalue weighted by Gasteiger charge is -2.34. The molecule has 12 heteroatoms. The van der Waals surface area contributed by atoms with Gasteiger partial charge < -0.3 is 20.1 Å². The minimum atomic E-state index is -4.56. The van der Waals surface area contributed by atoms with Gasteiger partial charge >= 0.3 is 6.18 Å². The molecule has 0 aliphatic carbocycles. The van der Waals surface area contributed by atoms with Gasteiger partial charge in [-0.05, 0) is 31.5 Å². The number of aromatic nitrogens is 4. The van der Waals surface area contributed by atoms with Gasteiger partial charge in [-0.15, -0.1) is 0 Å². The van der Waals surface area contributed by atoms with E-state index in [1.165, 1.54) is 14.2 Å². The SMILES string of the molecule is COc1ccc([C@H]2C[C@@H](C(F)(F)F)n3ncc(C(=O)NCc4c(C)nn(C)c4C)c3N2)cc1OC. The summed E-state index contributed by atoms with van der Waals surface area (Å²) in [7, 11) is 4.74. The average molecular weight is 493 g/mol. The zero-order valence-corrected chi connectivity index (χ0v) is 20.0. The third-order valence-electron chi connectivity index (χ3n) is 6.38. The zero-order valence-electron chi connectivity index (χ0n) is 20.0. The molecule has 0 spiro atoms. The summed E-state index contributed by atoms with van der Waals surface area (Å²) in [6.07, 6.45) is -3.70. The lowest BCUT2D eigenvalue weighted by Crippen LogP contribution is -2.36. The van der Waals surface area contributed by atoms with Crippen LogP contribution in [-0.4, -0.2) is 45.9 Å². The van der Waals surface area contributed by atoms with Crippen molar-refractivity contribution in [1.29, 1.82) is 0 Å². The van der Waals surface area contributed by atoms with Crippen molar-refractivity contribution >= 4 is 11.7 Å². The molecule has 0 saturated heterocycles. The van der Waals surface area contributed by atoms with Crippen molar-refractivity contribution in [1.82, 2.24) is 24.9 Å². The Labute approximate surface area is 200 Å². The maximum Gasteiger partial charge on any atom is 0.410 e. The van der Waals surface area contributed by atoms with Gasteiger partial charge in [0, 0.05) is 31.3 Å². The number of aryl methyl sites for hydroxylation is 2. The van der Waals surface area contributed by atoms with Crippen LogP contribution in [0.25, 0.3) is 0 Å². The molecule has 0 fully saturated rings. The maximum atomic E-state index is 14.0. The number of fused-ring (bicyclic) bond motifs is 1. The predicted molar refractivity (Wildman–Crippen MR) is 122 cm³/mol. The predicted octanol–water partition coefficient (Wildman–Crippen LogP) is 3.84. The molecule has 3 heterocycles. The molecule has 9 nitrogen and oxygen atoms in total. The summed E-state index contributed by atoms with van der Waals surface area (Å²) < 4.78 is 55.1. The minimum Gasteiger partial charge on any atom is -0.493 e. The smallest absolute Gasteiger partial charge is 0.410 e. The first-order chi connectivity index (χ1) is 16.5. The largest absolute Gasteiger partial charge is 0.493 e. The van der Waals surface area contributed by atoms with E-state index in [0.29, 0.717) is 17.1 Å². The van der Waals surface area contributed by atoms with E-state index in [0.717, 1.165) is 27.8 Å². The van der Waals surface area contributed by atoms with Crippen molar-refractivity contribution < 1.29 is 27.4 Å². The number of benzene rings is 1. The average Bonchev–Trinajstić information content (AvgIpc) is 3.35. The Hall–Kier alpha value is -3.70. The highest BCUT2D eigenvalue weighted by atomic mass is 19.4. The number of anilines is 1. The highest BCUT2D eigenvalue weighted by Gasteiger charge is 2.47. The van der Waals surface area contributed by atoms with E-state index >= 15 is 0 Å². The number of amides is 1. The Kier molecular flexibility index (Phi) is 6.39. The van der Waals surface area contributed by atoms with Crippen LogP contribution < -0.4 is 20.1 Å². The molecule has 0 radical (unpaired) electrons. The molecular formula is C23H27F3N6O3. The highest BCUT2D eigenvalue weighted by Crippen LogP contribution is 2.45. The summed E-state index contributed by atoms with van der Waals surface area (Å²) in [5.41, 5.74) is 3.11. The van der Waals surface area contributed by atoms with Crippen molar-refractivity contribution in [3.63, 3.8) is 0 Å². The number of rotatable bonds is 6. The van der Waals surface area contributed by atoms with Crippen LogP contribution in [0.5, 0.6) is 11.5 Å². The zero-order chi connectivity index (χ0) is 25.5. The number of carbonyl (C=O) groups is 1. The van der Waals surface area contributed by atoms with Gasteiger partial charge in [0.05, 0.1) is 32.2 Å². The molecule has 188 valence electrons. The molecule has 0 bridgehead atoms. The fourth-order valence-electron chi connectivity index (χ4n) is 4.35. The second-order valence-electron chi connectivity index (χ2n) is 8.41. The summed E-state index contributed by atoms with van der Waals surface area (Å²) >= 11 is 0. The lowest BCUT2D eigenvalue weighted by molar-refractivity contribution is -0.173. The van der Waals surface area contributed by atoms with E-state index in [9.17, 15) is 18.0 Å². The van der Waals surface area contributed by atoms with Crippen molar-refractivity contribution in [3.8, 4) is 11.5 Å². The van der Waals surface area contributed by atoms with Gasteiger partial charge in [-0.3, -0.25) is 9.48 Å². The van der Waals surface area contributed by atoms with Gasteiger partial charge in [0.25, 0.3) is 5.91 Å². The van der Waals surface area contributed by atoms with Crippen molar-refractivity contribution in [2.75, 3.05) is 19.5 Å². The quantitative estimate of drug-likeness (QED) is 0.543. The van der Waals surface area contributed by atoms with Crippen LogP contribution in [-0.2, 0) is 13.6 Å². The van der Waals surface area contributed by atoms with Crippen LogP contribution in [0.15, 0.2) is 24.4 Å². The molecule has 2 N–H and O–H groups in total. The number of nitrogens with one attached hydrogen (secondary N) is 2. The van der Waals surface area contributed by atoms with Gasteiger partial charge in [-0.1, -0.05) is 6.07 Å². The number of methoxy groups -OCH3 is 2. The van der Waals surface area contributed by atoms with E-state index in [4.69, 9.17) is 9.47 Å². The molecule has 2 aromatic heterocycles. The van der Waals surface area contributed by atoms with E-state index in [1.54, 1.807) is 29.9 Å². The number of carbonyl (C=O) groups excluding carboxylic acids is 1. The first-order valence-corrected chi connectivity index (χ1v) is 10.9. The molecule has 0 saturated carbocycles. The van der Waals surface area contributed by atoms with Crippen LogP contribution in [0, 0.1) is 13.8 Å². The fraction of sp³-hybridized carbons (Fsp3) is 0.435. The first-order valence-electron chi connectivity index (χ1n) is 10.9. The second-order valence-corrected chi connectivity index (χ2v) is 8.41. The van der Waals surface area contributed by atoms with E-state index in [2.05, 4.69) is 20.8 Å². The standard InChI is InChI=1S/C23H27F3N6O3/c1-12-15(13(2)31(3)30-12)10-27-22(33)16-11-28-32-20(23(24,25)26)9-17(29-21(16)32)14-6-7-18(34-4)19(8-14)35-5/h6-8,11,17,20,29H,9-10H2,1-5H3,(H,27,33)/t17-,20+/m1/s1. The Morgan fingerprint density at radius 3 is 2.54 bits per heavy atom. The fourth-order valence-corrected chi connectivity index (χ4v) is 4.35. The van der Waals surface area contributed by atoms with Crippen molar-refractivity contribution in [3.05, 3.63) is 52.5 Å². The molecule has 2 atom stereocenters. The van der Waals surface area contributed by atoms with Gasteiger partial charge in [0.1, 0.15) is 11.4 Å². The Morgan fingerprint density at radius 2 is 1.94 bits per heavy atom. The topological polar surface area (TPSA) is 95.2 Å². The molecule has 3 aromatic rings. The molecule has 1 aromatic carbocycles. The molecule has 1 aliphatic heterocycles. The van der Waals surface area contributed by atoms with Gasteiger partial charge in [0.2, 0.25) is 0 Å². The molecule has 0 unspecified atom stereocenters. The second kappa shape index (κ2) is 9.16. The van der Waals surface area contributed by atoms with Crippen LogP contribution >= 0.6 is 0 Å². The number of hydrogen-bond donors (Lipinski definition) is 2. The summed E-state index contributed by atoms with van der Waals surface area (Å²) in [5.74, 6) is 0.339. The third-order valence-corrected chi connectivity index (χ3v) is 6.38. The van der Waals surface area contributed by atoms with Gasteiger partial charge in [-0.2, -0.15) is 23.4 Å². The number of ether oxygens (including phenoxy) is 2. The van der Waals surface area contributed by atoms with Crippen LogP contribution in [0.4, 0.5) is 19.0 Å².